The number of aliphatic carboxylic acids is 1. The topological polar surface area (TPSA) is 82.2 Å². The summed E-state index contributed by atoms with van der Waals surface area (Å²) in [5.41, 5.74) is 1.09. The number of carbonyl (C=O) groups excluding carboxylic acids is 1. The molecule has 0 aliphatic heterocycles. The molecule has 1 aliphatic rings. The minimum absolute atomic E-state index is 0.318. The van der Waals surface area contributed by atoms with Crippen molar-refractivity contribution in [2.75, 3.05) is 0 Å². The van der Waals surface area contributed by atoms with Crippen LogP contribution in [0.3, 0.4) is 0 Å². The van der Waals surface area contributed by atoms with Gasteiger partial charge in [-0.2, -0.15) is 0 Å². The molecule has 104 valence electrons. The molecule has 1 heterocycles. The molecule has 1 fully saturated rings. The number of carboxylic acids is 1. The molecule has 0 spiro atoms. The monoisotopic (exact) mass is 272 g/mol. The number of hydrogen-bond donors (Lipinski definition) is 3. The lowest BCUT2D eigenvalue weighted by Crippen LogP contribution is -2.59. The van der Waals surface area contributed by atoms with E-state index in [2.05, 4.69) is 10.3 Å². The summed E-state index contributed by atoms with van der Waals surface area (Å²) in [7, 11) is 0. The molecule has 5 heteroatoms. The summed E-state index contributed by atoms with van der Waals surface area (Å²) in [6.07, 6.45) is 1.82. The maximum absolute atomic E-state index is 12.5. The fourth-order valence-corrected chi connectivity index (χ4v) is 2.77. The van der Waals surface area contributed by atoms with Crippen molar-refractivity contribution in [3.05, 3.63) is 35.5 Å². The van der Waals surface area contributed by atoms with Gasteiger partial charge in [0, 0.05) is 16.6 Å². The van der Waals surface area contributed by atoms with Crippen molar-refractivity contribution in [2.45, 2.75) is 31.7 Å². The SMILES string of the molecule is Cc1[nH]c2ccccc2c1C(=O)NC1(C(=O)O)CCC1. The minimum Gasteiger partial charge on any atom is -0.480 e. The molecule has 1 amide bonds. The number of rotatable bonds is 3. The molecular formula is C15H16N2O3. The zero-order valence-corrected chi connectivity index (χ0v) is 11.2. The molecule has 20 heavy (non-hydrogen) atoms. The quantitative estimate of drug-likeness (QED) is 0.801. The van der Waals surface area contributed by atoms with Gasteiger partial charge in [-0.15, -0.1) is 0 Å². The van der Waals surface area contributed by atoms with Gasteiger partial charge in [0.15, 0.2) is 0 Å². The summed E-state index contributed by atoms with van der Waals surface area (Å²) in [5, 5.41) is 12.8. The van der Waals surface area contributed by atoms with Gasteiger partial charge in [0.1, 0.15) is 5.54 Å². The number of carbonyl (C=O) groups is 2. The van der Waals surface area contributed by atoms with E-state index in [1.54, 1.807) is 0 Å². The first kappa shape index (κ1) is 12.7. The van der Waals surface area contributed by atoms with Crippen LogP contribution in [-0.4, -0.2) is 27.5 Å². The Bertz CT molecular complexity index is 698. The average molecular weight is 272 g/mol. The van der Waals surface area contributed by atoms with Gasteiger partial charge in [0.05, 0.1) is 5.56 Å². The lowest BCUT2D eigenvalue weighted by Gasteiger charge is -2.38. The van der Waals surface area contributed by atoms with Crippen LogP contribution in [0.1, 0.15) is 35.3 Å². The van der Waals surface area contributed by atoms with Crippen LogP contribution in [0.5, 0.6) is 0 Å². The first-order valence-electron chi connectivity index (χ1n) is 6.67. The third-order valence-corrected chi connectivity index (χ3v) is 4.09. The van der Waals surface area contributed by atoms with Crippen LogP contribution in [0.2, 0.25) is 0 Å². The van der Waals surface area contributed by atoms with Crippen molar-refractivity contribution in [1.82, 2.24) is 10.3 Å². The Labute approximate surface area is 116 Å². The van der Waals surface area contributed by atoms with E-state index < -0.39 is 11.5 Å². The van der Waals surface area contributed by atoms with Gasteiger partial charge in [0.2, 0.25) is 0 Å². The van der Waals surface area contributed by atoms with Crippen molar-refractivity contribution in [3.63, 3.8) is 0 Å². The molecule has 0 unspecified atom stereocenters. The van der Waals surface area contributed by atoms with Gasteiger partial charge >= 0.3 is 5.97 Å². The summed E-state index contributed by atoms with van der Waals surface area (Å²) < 4.78 is 0. The number of aryl methyl sites for hydroxylation is 1. The maximum Gasteiger partial charge on any atom is 0.329 e. The molecule has 1 aromatic heterocycles. The van der Waals surface area contributed by atoms with E-state index in [4.69, 9.17) is 0 Å². The van der Waals surface area contributed by atoms with Crippen LogP contribution in [0, 0.1) is 6.92 Å². The van der Waals surface area contributed by atoms with Crippen molar-refractivity contribution < 1.29 is 14.7 Å². The van der Waals surface area contributed by atoms with Crippen molar-refractivity contribution in [2.24, 2.45) is 0 Å². The highest BCUT2D eigenvalue weighted by Crippen LogP contribution is 2.33. The minimum atomic E-state index is -1.08. The number of aromatic amines is 1. The molecule has 1 saturated carbocycles. The van der Waals surface area contributed by atoms with Crippen LogP contribution in [0.25, 0.3) is 10.9 Å². The Balaban J connectivity index is 1.97. The Morgan fingerprint density at radius 2 is 2.00 bits per heavy atom. The summed E-state index contributed by atoms with van der Waals surface area (Å²) >= 11 is 0. The van der Waals surface area contributed by atoms with E-state index in [-0.39, 0.29) is 5.91 Å². The largest absolute Gasteiger partial charge is 0.480 e. The molecule has 5 nitrogen and oxygen atoms in total. The molecule has 0 radical (unpaired) electrons. The molecule has 0 bridgehead atoms. The van der Waals surface area contributed by atoms with E-state index >= 15 is 0 Å². The van der Waals surface area contributed by atoms with Gasteiger partial charge in [-0.3, -0.25) is 4.79 Å². The summed E-state index contributed by atoms with van der Waals surface area (Å²) in [5.74, 6) is -1.27. The number of fused-ring (bicyclic) bond motifs is 1. The zero-order chi connectivity index (χ0) is 14.3. The number of aromatic nitrogens is 1. The number of para-hydroxylation sites is 1. The Morgan fingerprint density at radius 1 is 1.30 bits per heavy atom. The fraction of sp³-hybridized carbons (Fsp3) is 0.333. The first-order chi connectivity index (χ1) is 9.53. The van der Waals surface area contributed by atoms with Crippen LogP contribution in [-0.2, 0) is 4.79 Å². The van der Waals surface area contributed by atoms with Crippen LogP contribution in [0.15, 0.2) is 24.3 Å². The second kappa shape index (κ2) is 4.37. The summed E-state index contributed by atoms with van der Waals surface area (Å²) in [6, 6.07) is 7.52. The highest BCUT2D eigenvalue weighted by atomic mass is 16.4. The van der Waals surface area contributed by atoms with Gasteiger partial charge in [-0.25, -0.2) is 4.79 Å². The van der Waals surface area contributed by atoms with Crippen molar-refractivity contribution in [1.29, 1.82) is 0 Å². The fourth-order valence-electron chi connectivity index (χ4n) is 2.77. The van der Waals surface area contributed by atoms with Crippen LogP contribution < -0.4 is 5.32 Å². The predicted molar refractivity (Wildman–Crippen MR) is 74.7 cm³/mol. The zero-order valence-electron chi connectivity index (χ0n) is 11.2. The van der Waals surface area contributed by atoms with E-state index in [9.17, 15) is 14.7 Å². The molecule has 1 aliphatic carbocycles. The molecule has 0 atom stereocenters. The van der Waals surface area contributed by atoms with Crippen molar-refractivity contribution in [3.8, 4) is 0 Å². The summed E-state index contributed by atoms with van der Waals surface area (Å²) in [6.45, 7) is 1.82. The second-order valence-corrected chi connectivity index (χ2v) is 5.37. The maximum atomic E-state index is 12.5. The normalized spacial score (nSPS) is 16.6. The second-order valence-electron chi connectivity index (χ2n) is 5.37. The molecular weight excluding hydrogens is 256 g/mol. The van der Waals surface area contributed by atoms with E-state index in [1.165, 1.54) is 0 Å². The molecule has 1 aromatic carbocycles. The number of benzene rings is 1. The highest BCUT2D eigenvalue weighted by Gasteiger charge is 2.46. The van der Waals surface area contributed by atoms with Gasteiger partial charge < -0.3 is 15.4 Å². The number of carboxylic acid groups (broad SMARTS) is 1. The van der Waals surface area contributed by atoms with Gasteiger partial charge in [-0.05, 0) is 32.3 Å². The third-order valence-electron chi connectivity index (χ3n) is 4.09. The number of H-pyrrole nitrogens is 1. The smallest absolute Gasteiger partial charge is 0.329 e. The molecule has 0 saturated heterocycles. The van der Waals surface area contributed by atoms with E-state index in [1.807, 2.05) is 31.2 Å². The number of hydrogen-bond acceptors (Lipinski definition) is 2. The predicted octanol–water partition coefficient (Wildman–Crippen LogP) is 2.21. The van der Waals surface area contributed by atoms with Gasteiger partial charge in [-0.1, -0.05) is 18.2 Å². The standard InChI is InChI=1S/C15H16N2O3/c1-9-12(10-5-2-3-6-11(10)16-9)13(18)17-15(14(19)20)7-4-8-15/h2-3,5-6,16H,4,7-8H2,1H3,(H,17,18)(H,19,20). The lowest BCUT2D eigenvalue weighted by atomic mass is 9.76. The van der Waals surface area contributed by atoms with E-state index in [0.29, 0.717) is 18.4 Å². The summed E-state index contributed by atoms with van der Waals surface area (Å²) in [4.78, 5) is 26.9. The van der Waals surface area contributed by atoms with Crippen LogP contribution >= 0.6 is 0 Å². The number of nitrogens with one attached hydrogen (secondary N) is 2. The highest BCUT2D eigenvalue weighted by molar-refractivity contribution is 6.09. The average Bonchev–Trinajstić information content (AvgIpc) is 2.69. The van der Waals surface area contributed by atoms with Gasteiger partial charge in [0.25, 0.3) is 5.91 Å². The molecule has 3 N–H and O–H groups in total. The Morgan fingerprint density at radius 3 is 2.60 bits per heavy atom. The Kier molecular flexibility index (Phi) is 2.78. The first-order valence-corrected chi connectivity index (χ1v) is 6.67. The third kappa shape index (κ3) is 1.78. The van der Waals surface area contributed by atoms with Crippen molar-refractivity contribution >= 4 is 22.8 Å². The Hall–Kier alpha value is -2.30. The van der Waals surface area contributed by atoms with Crippen LogP contribution in [0.4, 0.5) is 0 Å². The lowest BCUT2D eigenvalue weighted by molar-refractivity contribution is -0.148. The molecule has 3 rings (SSSR count). The number of amides is 1. The van der Waals surface area contributed by atoms with E-state index in [0.717, 1.165) is 23.0 Å². The molecule has 2 aromatic rings.